The number of hydrogen-bond acceptors (Lipinski definition) is 4. The Morgan fingerprint density at radius 3 is 2.63 bits per heavy atom. The van der Waals surface area contributed by atoms with Gasteiger partial charge in [0, 0.05) is 18.9 Å². The van der Waals surface area contributed by atoms with Crippen LogP contribution in [0.15, 0.2) is 67.0 Å². The molecule has 0 aliphatic rings. The predicted octanol–water partition coefficient (Wildman–Crippen LogP) is 3.96. The summed E-state index contributed by atoms with van der Waals surface area (Å²) in [6, 6.07) is 17.5. The molecule has 0 bridgehead atoms. The molecule has 0 radical (unpaired) electrons. The number of nitrogens with zero attached hydrogens (tertiary/aromatic N) is 1. The van der Waals surface area contributed by atoms with E-state index in [0.29, 0.717) is 23.1 Å². The molecule has 0 aliphatic heterocycles. The fourth-order valence-corrected chi connectivity index (χ4v) is 2.86. The monoisotopic (exact) mass is 381 g/mol. The number of carbonyl (C=O) groups is 1. The van der Waals surface area contributed by atoms with Gasteiger partial charge in [0.2, 0.25) is 0 Å². The van der Waals surface area contributed by atoms with Crippen LogP contribution in [0, 0.1) is 0 Å². The van der Waals surface area contributed by atoms with Crippen molar-refractivity contribution in [1.29, 1.82) is 0 Å². The lowest BCUT2D eigenvalue weighted by atomic mass is 10.1. The minimum absolute atomic E-state index is 0.209. The summed E-state index contributed by atoms with van der Waals surface area (Å²) in [7, 11) is 0. The quantitative estimate of drug-likeness (QED) is 0.579. The Kier molecular flexibility index (Phi) is 6.41. The van der Waals surface area contributed by atoms with E-state index in [-0.39, 0.29) is 5.56 Å². The van der Waals surface area contributed by atoms with Gasteiger partial charge in [-0.05, 0) is 42.3 Å². The van der Waals surface area contributed by atoms with Crippen LogP contribution >= 0.6 is 11.6 Å². The Balaban J connectivity index is 1.58. The maximum absolute atomic E-state index is 11.5. The van der Waals surface area contributed by atoms with Gasteiger partial charge in [-0.25, -0.2) is 0 Å². The van der Waals surface area contributed by atoms with Gasteiger partial charge in [-0.1, -0.05) is 48.0 Å². The smallest absolute Gasteiger partial charge is 0.254 e. The Bertz CT molecular complexity index is 916. The Morgan fingerprint density at radius 1 is 1.07 bits per heavy atom. The number of nitrogens with one attached hydrogen (secondary N) is 1. The van der Waals surface area contributed by atoms with E-state index in [1.54, 1.807) is 12.1 Å². The SMILES string of the molecule is NC(=O)c1cnccc1Oc1ccc(CNCCc2ccccc2)cc1Cl. The van der Waals surface area contributed by atoms with Gasteiger partial charge in [-0.2, -0.15) is 0 Å². The standard InChI is InChI=1S/C21H20ClN3O2/c22-18-12-16(13-24-10-8-15-4-2-1-3-5-15)6-7-20(18)27-19-9-11-25-14-17(19)21(23)26/h1-7,9,11-12,14,24H,8,10,13H2,(H2,23,26). The van der Waals surface area contributed by atoms with Crippen LogP contribution in [-0.2, 0) is 13.0 Å². The molecule has 138 valence electrons. The van der Waals surface area contributed by atoms with Crippen LogP contribution in [0.5, 0.6) is 11.5 Å². The van der Waals surface area contributed by atoms with E-state index in [4.69, 9.17) is 22.1 Å². The lowest BCUT2D eigenvalue weighted by molar-refractivity contribution is 0.0997. The van der Waals surface area contributed by atoms with E-state index in [9.17, 15) is 4.79 Å². The van der Waals surface area contributed by atoms with Gasteiger partial charge >= 0.3 is 0 Å². The van der Waals surface area contributed by atoms with E-state index >= 15 is 0 Å². The molecule has 0 aliphatic carbocycles. The summed E-state index contributed by atoms with van der Waals surface area (Å²) in [6.45, 7) is 1.58. The Hall–Kier alpha value is -2.89. The van der Waals surface area contributed by atoms with Crippen molar-refractivity contribution in [2.75, 3.05) is 6.54 Å². The van der Waals surface area contributed by atoms with Crippen molar-refractivity contribution in [3.63, 3.8) is 0 Å². The second kappa shape index (κ2) is 9.16. The van der Waals surface area contributed by atoms with Crippen LogP contribution in [0.1, 0.15) is 21.5 Å². The average Bonchev–Trinajstić information content (AvgIpc) is 2.68. The molecule has 0 atom stereocenters. The largest absolute Gasteiger partial charge is 0.455 e. The molecule has 3 aromatic rings. The van der Waals surface area contributed by atoms with Crippen molar-refractivity contribution >= 4 is 17.5 Å². The number of amides is 1. The second-order valence-electron chi connectivity index (χ2n) is 6.02. The van der Waals surface area contributed by atoms with Crippen LogP contribution in [0.25, 0.3) is 0 Å². The summed E-state index contributed by atoms with van der Waals surface area (Å²) in [5.41, 5.74) is 7.90. The lowest BCUT2D eigenvalue weighted by Gasteiger charge is -2.11. The maximum Gasteiger partial charge on any atom is 0.254 e. The molecule has 0 fully saturated rings. The topological polar surface area (TPSA) is 77.2 Å². The third-order valence-corrected chi connectivity index (χ3v) is 4.32. The zero-order valence-corrected chi connectivity index (χ0v) is 15.4. The third-order valence-electron chi connectivity index (χ3n) is 4.03. The summed E-state index contributed by atoms with van der Waals surface area (Å²) in [6.07, 6.45) is 3.87. The van der Waals surface area contributed by atoms with Gasteiger partial charge in [-0.3, -0.25) is 9.78 Å². The highest BCUT2D eigenvalue weighted by atomic mass is 35.5. The predicted molar refractivity (Wildman–Crippen MR) is 106 cm³/mol. The van der Waals surface area contributed by atoms with Gasteiger partial charge < -0.3 is 15.8 Å². The summed E-state index contributed by atoms with van der Waals surface area (Å²) >= 11 is 6.34. The maximum atomic E-state index is 11.5. The van der Waals surface area contributed by atoms with Crippen LogP contribution in [-0.4, -0.2) is 17.4 Å². The molecular weight excluding hydrogens is 362 g/mol. The number of aromatic nitrogens is 1. The number of nitrogens with two attached hydrogens (primary N) is 1. The molecular formula is C21H20ClN3O2. The highest BCUT2D eigenvalue weighted by molar-refractivity contribution is 6.32. The number of rotatable bonds is 8. The molecule has 0 saturated heterocycles. The van der Waals surface area contributed by atoms with Gasteiger partial charge in [0.25, 0.3) is 5.91 Å². The second-order valence-corrected chi connectivity index (χ2v) is 6.42. The van der Waals surface area contributed by atoms with Crippen molar-refractivity contribution < 1.29 is 9.53 Å². The normalized spacial score (nSPS) is 10.6. The molecule has 1 heterocycles. The van der Waals surface area contributed by atoms with Crippen molar-refractivity contribution in [2.24, 2.45) is 5.73 Å². The van der Waals surface area contributed by atoms with Crippen molar-refractivity contribution in [2.45, 2.75) is 13.0 Å². The van der Waals surface area contributed by atoms with Crippen LogP contribution in [0.2, 0.25) is 5.02 Å². The van der Waals surface area contributed by atoms with Crippen molar-refractivity contribution in [3.8, 4) is 11.5 Å². The zero-order chi connectivity index (χ0) is 19.1. The first-order valence-electron chi connectivity index (χ1n) is 8.58. The molecule has 1 amide bonds. The first-order chi connectivity index (χ1) is 13.1. The summed E-state index contributed by atoms with van der Waals surface area (Å²) in [4.78, 5) is 15.3. The molecule has 3 rings (SSSR count). The van der Waals surface area contributed by atoms with Crippen LogP contribution in [0.4, 0.5) is 0 Å². The lowest BCUT2D eigenvalue weighted by Crippen LogP contribution is -2.16. The minimum atomic E-state index is -0.603. The van der Waals surface area contributed by atoms with Gasteiger partial charge in [-0.15, -0.1) is 0 Å². The first kappa shape index (κ1) is 18.9. The number of hydrogen-bond donors (Lipinski definition) is 2. The van der Waals surface area contributed by atoms with E-state index in [0.717, 1.165) is 18.5 Å². The summed E-state index contributed by atoms with van der Waals surface area (Å²) in [5.74, 6) is 0.181. The van der Waals surface area contributed by atoms with Gasteiger partial charge in [0.05, 0.1) is 5.02 Å². The zero-order valence-electron chi connectivity index (χ0n) is 14.7. The Labute approximate surface area is 163 Å². The van der Waals surface area contributed by atoms with E-state index in [1.165, 1.54) is 18.0 Å². The van der Waals surface area contributed by atoms with Crippen LogP contribution < -0.4 is 15.8 Å². The molecule has 0 saturated carbocycles. The van der Waals surface area contributed by atoms with Gasteiger partial charge in [0.15, 0.2) is 0 Å². The Morgan fingerprint density at radius 2 is 1.89 bits per heavy atom. The van der Waals surface area contributed by atoms with Gasteiger partial charge in [0.1, 0.15) is 17.1 Å². The van der Waals surface area contributed by atoms with Crippen molar-refractivity contribution in [1.82, 2.24) is 10.3 Å². The number of carbonyl (C=O) groups excluding carboxylic acids is 1. The molecule has 0 spiro atoms. The number of primary amides is 1. The number of pyridine rings is 1. The van der Waals surface area contributed by atoms with E-state index in [2.05, 4.69) is 22.4 Å². The fraction of sp³-hybridized carbons (Fsp3) is 0.143. The molecule has 0 unspecified atom stereocenters. The molecule has 6 heteroatoms. The number of halogens is 1. The van der Waals surface area contributed by atoms with Crippen LogP contribution in [0.3, 0.4) is 0 Å². The number of benzene rings is 2. The first-order valence-corrected chi connectivity index (χ1v) is 8.96. The molecule has 2 aromatic carbocycles. The summed E-state index contributed by atoms with van der Waals surface area (Å²) < 4.78 is 5.75. The average molecular weight is 382 g/mol. The fourth-order valence-electron chi connectivity index (χ4n) is 2.62. The summed E-state index contributed by atoms with van der Waals surface area (Å²) in [5, 5.41) is 3.86. The third kappa shape index (κ3) is 5.29. The van der Waals surface area contributed by atoms with Crippen molar-refractivity contribution in [3.05, 3.63) is 88.7 Å². The highest BCUT2D eigenvalue weighted by Gasteiger charge is 2.12. The van der Waals surface area contributed by atoms with E-state index in [1.807, 2.05) is 30.3 Å². The van der Waals surface area contributed by atoms with E-state index < -0.39 is 5.91 Å². The molecule has 5 nitrogen and oxygen atoms in total. The number of ether oxygens (including phenoxy) is 1. The molecule has 27 heavy (non-hydrogen) atoms. The highest BCUT2D eigenvalue weighted by Crippen LogP contribution is 2.31. The molecule has 1 aromatic heterocycles. The molecule has 3 N–H and O–H groups in total. The minimum Gasteiger partial charge on any atom is -0.455 e.